The summed E-state index contributed by atoms with van der Waals surface area (Å²) < 4.78 is 5.35. The minimum Gasteiger partial charge on any atom is -0.491 e. The van der Waals surface area contributed by atoms with Crippen molar-refractivity contribution in [2.45, 2.75) is 13.0 Å². The van der Waals surface area contributed by atoms with E-state index in [4.69, 9.17) is 21.2 Å². The third-order valence-corrected chi connectivity index (χ3v) is 2.07. The van der Waals surface area contributed by atoms with Crippen LogP contribution in [-0.4, -0.2) is 31.0 Å². The van der Waals surface area contributed by atoms with E-state index >= 15 is 0 Å². The van der Waals surface area contributed by atoms with Gasteiger partial charge in [0.15, 0.2) is 0 Å². The average molecular weight is 246 g/mol. The molecule has 0 aliphatic rings. The molecule has 0 fully saturated rings. The number of nitrogens with one attached hydrogen (secondary N) is 1. The first kappa shape index (κ1) is 13.3. The number of hydrogen-bond donors (Lipinski definition) is 2. The van der Waals surface area contributed by atoms with Crippen LogP contribution in [0.2, 0.25) is 5.02 Å². The lowest BCUT2D eigenvalue weighted by Gasteiger charge is -2.12. The lowest BCUT2D eigenvalue weighted by atomic mass is 10.3. The molecule has 0 aliphatic heterocycles. The van der Waals surface area contributed by atoms with Gasteiger partial charge in [0.05, 0.1) is 13.2 Å². The summed E-state index contributed by atoms with van der Waals surface area (Å²) in [5.41, 5.74) is 2.63. The summed E-state index contributed by atoms with van der Waals surface area (Å²) in [5.74, 6) is 0.680. The van der Waals surface area contributed by atoms with Gasteiger partial charge >= 0.3 is 0 Å². The first-order valence-corrected chi connectivity index (χ1v) is 5.51. The van der Waals surface area contributed by atoms with Gasteiger partial charge in [-0.05, 0) is 31.2 Å². The van der Waals surface area contributed by atoms with Gasteiger partial charge in [0.2, 0.25) is 0 Å². The van der Waals surface area contributed by atoms with E-state index in [0.717, 1.165) is 0 Å². The Balaban J connectivity index is 2.20. The van der Waals surface area contributed by atoms with E-state index in [0.29, 0.717) is 23.9 Å². The molecule has 1 aromatic carbocycles. The van der Waals surface area contributed by atoms with E-state index in [-0.39, 0.29) is 6.61 Å². The maximum atomic E-state index is 9.50. The van der Waals surface area contributed by atoms with Crippen molar-refractivity contribution in [1.82, 2.24) is 5.48 Å². The Labute approximate surface area is 100 Å². The summed E-state index contributed by atoms with van der Waals surface area (Å²) in [6, 6.07) is 6.99. The fourth-order valence-electron chi connectivity index (χ4n) is 1.04. The topological polar surface area (TPSA) is 50.7 Å². The quantitative estimate of drug-likeness (QED) is 0.566. The SMILES string of the molecule is CCONCC(O)COc1ccc(Cl)cc1. The Morgan fingerprint density at radius 3 is 2.69 bits per heavy atom. The number of halogens is 1. The standard InChI is InChI=1S/C11H16ClNO3/c1-2-16-13-7-10(14)8-15-11-5-3-9(12)4-6-11/h3-6,10,13-14H,2,7-8H2,1H3. The van der Waals surface area contributed by atoms with Gasteiger partial charge < -0.3 is 14.7 Å². The molecule has 0 saturated carbocycles. The number of hydrogen-bond acceptors (Lipinski definition) is 4. The molecule has 0 spiro atoms. The van der Waals surface area contributed by atoms with Crippen LogP contribution < -0.4 is 10.2 Å². The number of benzene rings is 1. The van der Waals surface area contributed by atoms with Gasteiger partial charge in [-0.25, -0.2) is 0 Å². The smallest absolute Gasteiger partial charge is 0.119 e. The number of hydroxylamine groups is 1. The molecule has 5 heteroatoms. The lowest BCUT2D eigenvalue weighted by molar-refractivity contribution is 0.00949. The van der Waals surface area contributed by atoms with E-state index < -0.39 is 6.10 Å². The molecule has 1 unspecified atom stereocenters. The second-order valence-corrected chi connectivity index (χ2v) is 3.64. The highest BCUT2D eigenvalue weighted by molar-refractivity contribution is 6.30. The van der Waals surface area contributed by atoms with Gasteiger partial charge in [0.1, 0.15) is 18.5 Å². The largest absolute Gasteiger partial charge is 0.491 e. The second kappa shape index (κ2) is 7.46. The Morgan fingerprint density at radius 1 is 1.38 bits per heavy atom. The maximum Gasteiger partial charge on any atom is 0.119 e. The predicted molar refractivity (Wildman–Crippen MR) is 62.6 cm³/mol. The molecule has 4 nitrogen and oxygen atoms in total. The second-order valence-electron chi connectivity index (χ2n) is 3.20. The van der Waals surface area contributed by atoms with Gasteiger partial charge in [-0.1, -0.05) is 11.6 Å². The van der Waals surface area contributed by atoms with Gasteiger partial charge in [-0.2, -0.15) is 5.48 Å². The summed E-state index contributed by atoms with van der Waals surface area (Å²) in [5, 5.41) is 10.2. The van der Waals surface area contributed by atoms with Gasteiger partial charge in [0.25, 0.3) is 0 Å². The third kappa shape index (κ3) is 5.32. The van der Waals surface area contributed by atoms with Gasteiger partial charge in [-0.15, -0.1) is 0 Å². The molecule has 1 atom stereocenters. The first-order chi connectivity index (χ1) is 7.72. The molecule has 0 radical (unpaired) electrons. The van der Waals surface area contributed by atoms with Crippen molar-refractivity contribution in [1.29, 1.82) is 0 Å². The fraction of sp³-hybridized carbons (Fsp3) is 0.455. The molecular weight excluding hydrogens is 230 g/mol. The number of aliphatic hydroxyl groups is 1. The molecule has 0 amide bonds. The summed E-state index contributed by atoms with van der Waals surface area (Å²) >= 11 is 5.73. The van der Waals surface area contributed by atoms with Crippen LogP contribution in [-0.2, 0) is 4.84 Å². The zero-order chi connectivity index (χ0) is 11.8. The summed E-state index contributed by atoms with van der Waals surface area (Å²) in [6.07, 6.45) is -0.609. The molecular formula is C11H16ClNO3. The summed E-state index contributed by atoms with van der Waals surface area (Å²) in [7, 11) is 0. The highest BCUT2D eigenvalue weighted by Crippen LogP contribution is 2.15. The van der Waals surface area contributed by atoms with E-state index in [1.165, 1.54) is 0 Å². The molecule has 1 aromatic rings. The Kier molecular flexibility index (Phi) is 6.18. The van der Waals surface area contributed by atoms with Crippen LogP contribution in [0.3, 0.4) is 0 Å². The zero-order valence-electron chi connectivity index (χ0n) is 9.15. The van der Waals surface area contributed by atoms with Gasteiger partial charge in [-0.3, -0.25) is 0 Å². The van der Waals surface area contributed by atoms with Crippen molar-refractivity contribution in [2.75, 3.05) is 19.8 Å². The number of rotatable bonds is 7. The zero-order valence-corrected chi connectivity index (χ0v) is 9.91. The van der Waals surface area contributed by atoms with Crippen LogP contribution in [0.15, 0.2) is 24.3 Å². The van der Waals surface area contributed by atoms with Crippen LogP contribution in [0.25, 0.3) is 0 Å². The van der Waals surface area contributed by atoms with Crippen LogP contribution in [0.1, 0.15) is 6.92 Å². The van der Waals surface area contributed by atoms with Crippen LogP contribution in [0, 0.1) is 0 Å². The molecule has 0 aliphatic carbocycles. The van der Waals surface area contributed by atoms with Crippen LogP contribution in [0.5, 0.6) is 5.75 Å². The highest BCUT2D eigenvalue weighted by Gasteiger charge is 2.04. The Morgan fingerprint density at radius 2 is 2.06 bits per heavy atom. The molecule has 1 rings (SSSR count). The normalized spacial score (nSPS) is 12.4. The minimum absolute atomic E-state index is 0.210. The minimum atomic E-state index is -0.609. The monoisotopic (exact) mass is 245 g/mol. The van der Waals surface area contributed by atoms with Crippen LogP contribution in [0.4, 0.5) is 0 Å². The summed E-state index contributed by atoms with van der Waals surface area (Å²) in [6.45, 7) is 2.97. The molecule has 0 saturated heterocycles. The Hall–Kier alpha value is -0.810. The molecule has 90 valence electrons. The van der Waals surface area contributed by atoms with Crippen molar-refractivity contribution < 1.29 is 14.7 Å². The summed E-state index contributed by atoms with van der Waals surface area (Å²) in [4.78, 5) is 4.89. The van der Waals surface area contributed by atoms with Gasteiger partial charge in [0, 0.05) is 5.02 Å². The van der Waals surface area contributed by atoms with Crippen molar-refractivity contribution in [3.05, 3.63) is 29.3 Å². The average Bonchev–Trinajstić information content (AvgIpc) is 2.29. The molecule has 0 bridgehead atoms. The number of aliphatic hydroxyl groups excluding tert-OH is 1. The van der Waals surface area contributed by atoms with E-state index in [1.807, 2.05) is 6.92 Å². The van der Waals surface area contributed by atoms with Crippen LogP contribution >= 0.6 is 11.6 Å². The van der Waals surface area contributed by atoms with Crippen molar-refractivity contribution in [2.24, 2.45) is 0 Å². The fourth-order valence-corrected chi connectivity index (χ4v) is 1.17. The van der Waals surface area contributed by atoms with Crippen molar-refractivity contribution in [3.8, 4) is 5.75 Å². The molecule has 2 N–H and O–H groups in total. The molecule has 0 heterocycles. The highest BCUT2D eigenvalue weighted by atomic mass is 35.5. The first-order valence-electron chi connectivity index (χ1n) is 5.13. The van der Waals surface area contributed by atoms with Crippen molar-refractivity contribution >= 4 is 11.6 Å². The van der Waals surface area contributed by atoms with E-state index in [1.54, 1.807) is 24.3 Å². The lowest BCUT2D eigenvalue weighted by Crippen LogP contribution is -2.31. The third-order valence-electron chi connectivity index (χ3n) is 1.82. The Bertz CT molecular complexity index is 292. The molecule has 0 aromatic heterocycles. The predicted octanol–water partition coefficient (Wildman–Crippen LogP) is 1.62. The van der Waals surface area contributed by atoms with Crippen molar-refractivity contribution in [3.63, 3.8) is 0 Å². The van der Waals surface area contributed by atoms with E-state index in [2.05, 4.69) is 5.48 Å². The maximum absolute atomic E-state index is 9.50. The van der Waals surface area contributed by atoms with E-state index in [9.17, 15) is 5.11 Å². The molecule has 16 heavy (non-hydrogen) atoms. The number of ether oxygens (including phenoxy) is 1.